The lowest BCUT2D eigenvalue weighted by molar-refractivity contribution is -0.138. The van der Waals surface area contributed by atoms with E-state index in [-0.39, 0.29) is 5.92 Å². The molecule has 0 heterocycles. The van der Waals surface area contributed by atoms with Gasteiger partial charge in [0.25, 0.3) is 0 Å². The zero-order chi connectivity index (χ0) is 12.3. The van der Waals surface area contributed by atoms with Gasteiger partial charge >= 0.3 is 6.18 Å². The second-order valence-corrected chi connectivity index (χ2v) is 4.32. The number of hydrogen-bond acceptors (Lipinski definition) is 0. The Morgan fingerprint density at radius 2 is 1.81 bits per heavy atom. The fourth-order valence-corrected chi connectivity index (χ4v) is 1.80. The molecule has 1 aromatic carbocycles. The average molecular weight is 230 g/mol. The molecule has 0 saturated carbocycles. The van der Waals surface area contributed by atoms with Gasteiger partial charge in [-0.2, -0.15) is 13.2 Å². The maximum atomic E-state index is 12.8. The molecule has 0 aliphatic heterocycles. The smallest absolute Gasteiger partial charge is 0.166 e. The van der Waals surface area contributed by atoms with E-state index in [9.17, 15) is 13.2 Å². The molecule has 0 aromatic heterocycles. The highest BCUT2D eigenvalue weighted by molar-refractivity contribution is 5.36. The summed E-state index contributed by atoms with van der Waals surface area (Å²) in [5.74, 6) is -0.104. The van der Waals surface area contributed by atoms with Gasteiger partial charge in [-0.05, 0) is 29.5 Å². The minimum atomic E-state index is -4.25. The van der Waals surface area contributed by atoms with Crippen LogP contribution in [0, 0.1) is 0 Å². The summed E-state index contributed by atoms with van der Waals surface area (Å²) in [5, 5.41) is 0. The van der Waals surface area contributed by atoms with E-state index in [0.29, 0.717) is 12.0 Å². The summed E-state index contributed by atoms with van der Waals surface area (Å²) in [7, 11) is 0. The SMILES string of the molecule is CCCc1ccc(C(C)C)c(C(F)(F)F)c1. The first kappa shape index (κ1) is 13.1. The van der Waals surface area contributed by atoms with Gasteiger partial charge in [-0.15, -0.1) is 0 Å². The van der Waals surface area contributed by atoms with Crippen molar-refractivity contribution < 1.29 is 13.2 Å². The van der Waals surface area contributed by atoms with Gasteiger partial charge in [0, 0.05) is 0 Å². The zero-order valence-electron chi connectivity index (χ0n) is 9.86. The van der Waals surface area contributed by atoms with Crippen molar-refractivity contribution in [3.05, 3.63) is 34.9 Å². The molecule has 0 aliphatic carbocycles. The summed E-state index contributed by atoms with van der Waals surface area (Å²) < 4.78 is 38.5. The first-order chi connectivity index (χ1) is 7.36. The first-order valence-electron chi connectivity index (χ1n) is 5.56. The molecule has 0 spiro atoms. The van der Waals surface area contributed by atoms with Crippen LogP contribution in [0.3, 0.4) is 0 Å². The molecule has 0 amide bonds. The number of alkyl halides is 3. The monoisotopic (exact) mass is 230 g/mol. The molecule has 0 bridgehead atoms. The standard InChI is InChI=1S/C13H17F3/c1-4-5-10-6-7-11(9(2)3)12(8-10)13(14,15)16/h6-9H,4-5H2,1-3H3. The van der Waals surface area contributed by atoms with Crippen molar-refractivity contribution in [3.63, 3.8) is 0 Å². The Bertz CT molecular complexity index is 351. The predicted octanol–water partition coefficient (Wildman–Crippen LogP) is 4.78. The molecule has 0 N–H and O–H groups in total. The Morgan fingerprint density at radius 3 is 2.25 bits per heavy atom. The second kappa shape index (κ2) is 4.89. The van der Waals surface area contributed by atoms with Gasteiger partial charge in [0.15, 0.2) is 0 Å². The van der Waals surface area contributed by atoms with Crippen LogP contribution in [-0.2, 0) is 12.6 Å². The van der Waals surface area contributed by atoms with Crippen molar-refractivity contribution in [1.82, 2.24) is 0 Å². The van der Waals surface area contributed by atoms with Crippen LogP contribution in [0.1, 0.15) is 49.8 Å². The quantitative estimate of drug-likeness (QED) is 0.700. The highest BCUT2D eigenvalue weighted by atomic mass is 19.4. The lowest BCUT2D eigenvalue weighted by Crippen LogP contribution is -2.11. The van der Waals surface area contributed by atoms with Gasteiger partial charge in [-0.3, -0.25) is 0 Å². The van der Waals surface area contributed by atoms with Gasteiger partial charge < -0.3 is 0 Å². The van der Waals surface area contributed by atoms with Gasteiger partial charge in [-0.25, -0.2) is 0 Å². The molecule has 16 heavy (non-hydrogen) atoms. The minimum Gasteiger partial charge on any atom is -0.166 e. The molecule has 0 radical (unpaired) electrons. The summed E-state index contributed by atoms with van der Waals surface area (Å²) in [6, 6.07) is 4.70. The maximum absolute atomic E-state index is 12.8. The highest BCUT2D eigenvalue weighted by Crippen LogP contribution is 2.35. The Balaban J connectivity index is 3.22. The number of aryl methyl sites for hydroxylation is 1. The summed E-state index contributed by atoms with van der Waals surface area (Å²) in [4.78, 5) is 0. The van der Waals surface area contributed by atoms with Gasteiger partial charge in [0.2, 0.25) is 0 Å². The number of benzene rings is 1. The third kappa shape index (κ3) is 3.00. The summed E-state index contributed by atoms with van der Waals surface area (Å²) in [6.45, 7) is 5.53. The molecular formula is C13H17F3. The summed E-state index contributed by atoms with van der Waals surface area (Å²) in [5.41, 5.74) is 0.667. The van der Waals surface area contributed by atoms with Gasteiger partial charge in [-0.1, -0.05) is 39.3 Å². The van der Waals surface area contributed by atoms with E-state index >= 15 is 0 Å². The summed E-state index contributed by atoms with van der Waals surface area (Å²) >= 11 is 0. The van der Waals surface area contributed by atoms with E-state index in [2.05, 4.69) is 0 Å². The summed E-state index contributed by atoms with van der Waals surface area (Å²) in [6.07, 6.45) is -2.69. The Kier molecular flexibility index (Phi) is 4.00. The largest absolute Gasteiger partial charge is 0.416 e. The molecule has 0 aliphatic rings. The van der Waals surface area contributed by atoms with E-state index < -0.39 is 11.7 Å². The molecule has 0 atom stereocenters. The van der Waals surface area contributed by atoms with Crippen molar-refractivity contribution in [3.8, 4) is 0 Å². The van der Waals surface area contributed by atoms with Crippen molar-refractivity contribution >= 4 is 0 Å². The van der Waals surface area contributed by atoms with Gasteiger partial charge in [0.05, 0.1) is 5.56 Å². The van der Waals surface area contributed by atoms with Crippen molar-refractivity contribution in [2.24, 2.45) is 0 Å². The van der Waals surface area contributed by atoms with Crippen molar-refractivity contribution in [2.45, 2.75) is 45.7 Å². The topological polar surface area (TPSA) is 0 Å². The maximum Gasteiger partial charge on any atom is 0.416 e. The minimum absolute atomic E-state index is 0.104. The average Bonchev–Trinajstić information content (AvgIpc) is 2.16. The van der Waals surface area contributed by atoms with Crippen molar-refractivity contribution in [2.75, 3.05) is 0 Å². The third-order valence-electron chi connectivity index (χ3n) is 2.58. The Hall–Kier alpha value is -0.990. The molecule has 0 unspecified atom stereocenters. The lowest BCUT2D eigenvalue weighted by atomic mass is 9.94. The van der Waals surface area contributed by atoms with Crippen molar-refractivity contribution in [1.29, 1.82) is 0 Å². The number of hydrogen-bond donors (Lipinski definition) is 0. The fraction of sp³-hybridized carbons (Fsp3) is 0.538. The lowest BCUT2D eigenvalue weighted by Gasteiger charge is -2.16. The Morgan fingerprint density at radius 1 is 1.19 bits per heavy atom. The number of rotatable bonds is 3. The van der Waals surface area contributed by atoms with Crippen LogP contribution in [0.2, 0.25) is 0 Å². The van der Waals surface area contributed by atoms with E-state index in [0.717, 1.165) is 12.0 Å². The van der Waals surface area contributed by atoms with E-state index in [4.69, 9.17) is 0 Å². The highest BCUT2D eigenvalue weighted by Gasteiger charge is 2.33. The fourth-order valence-electron chi connectivity index (χ4n) is 1.80. The molecule has 0 nitrogen and oxygen atoms in total. The van der Waals surface area contributed by atoms with E-state index in [1.54, 1.807) is 26.0 Å². The van der Waals surface area contributed by atoms with Crippen LogP contribution in [0.15, 0.2) is 18.2 Å². The molecule has 1 rings (SSSR count). The Labute approximate surface area is 94.5 Å². The molecular weight excluding hydrogens is 213 g/mol. The van der Waals surface area contributed by atoms with E-state index in [1.807, 2.05) is 6.92 Å². The van der Waals surface area contributed by atoms with Crippen LogP contribution in [-0.4, -0.2) is 0 Å². The molecule has 3 heteroatoms. The van der Waals surface area contributed by atoms with Crippen LogP contribution < -0.4 is 0 Å². The van der Waals surface area contributed by atoms with Crippen LogP contribution in [0.4, 0.5) is 13.2 Å². The normalized spacial score (nSPS) is 12.2. The van der Waals surface area contributed by atoms with Crippen LogP contribution >= 0.6 is 0 Å². The first-order valence-corrected chi connectivity index (χ1v) is 5.56. The van der Waals surface area contributed by atoms with Crippen LogP contribution in [0.5, 0.6) is 0 Å². The second-order valence-electron chi connectivity index (χ2n) is 4.32. The zero-order valence-corrected chi connectivity index (χ0v) is 9.86. The van der Waals surface area contributed by atoms with E-state index in [1.165, 1.54) is 6.07 Å². The predicted molar refractivity (Wildman–Crippen MR) is 59.5 cm³/mol. The number of halogens is 3. The van der Waals surface area contributed by atoms with Crippen LogP contribution in [0.25, 0.3) is 0 Å². The van der Waals surface area contributed by atoms with Gasteiger partial charge in [0.1, 0.15) is 0 Å². The molecule has 90 valence electrons. The third-order valence-corrected chi connectivity index (χ3v) is 2.58. The molecule has 0 saturated heterocycles. The molecule has 1 aromatic rings. The molecule has 0 fully saturated rings.